The van der Waals surface area contributed by atoms with Crippen LogP contribution in [0.1, 0.15) is 49.1 Å². The molecule has 8 nitrogen and oxygen atoms in total. The lowest BCUT2D eigenvalue weighted by molar-refractivity contribution is -0.136. The van der Waals surface area contributed by atoms with E-state index in [0.29, 0.717) is 11.3 Å². The second-order valence-corrected chi connectivity index (χ2v) is 9.76. The first-order valence-corrected chi connectivity index (χ1v) is 12.0. The highest BCUT2D eigenvalue weighted by atomic mass is 32.1. The predicted molar refractivity (Wildman–Crippen MR) is 143 cm³/mol. The molecule has 0 aliphatic rings. The molecule has 2 rings (SSSR count). The number of hydrogen-bond donors (Lipinski definition) is 4. The molecular weight excluding hydrogens is 478 g/mol. The van der Waals surface area contributed by atoms with E-state index in [1.807, 2.05) is 32.0 Å². The first-order valence-electron chi connectivity index (χ1n) is 11.4. The van der Waals surface area contributed by atoms with Crippen LogP contribution in [0.2, 0.25) is 0 Å². The Balaban J connectivity index is 2.51. The summed E-state index contributed by atoms with van der Waals surface area (Å²) in [5.41, 5.74) is 2.05. The number of benzene rings is 2. The average molecular weight is 512 g/mol. The zero-order chi connectivity index (χ0) is 27.2. The van der Waals surface area contributed by atoms with Gasteiger partial charge in [-0.15, -0.1) is 0 Å². The van der Waals surface area contributed by atoms with E-state index in [2.05, 4.69) is 29.3 Å². The van der Waals surface area contributed by atoms with Gasteiger partial charge in [-0.05, 0) is 58.2 Å². The van der Waals surface area contributed by atoms with E-state index in [1.165, 1.54) is 6.07 Å². The predicted octanol–water partition coefficient (Wildman–Crippen LogP) is 4.24. The number of hydrogen-bond acceptors (Lipinski definition) is 6. The van der Waals surface area contributed by atoms with Crippen molar-refractivity contribution in [2.24, 2.45) is 0 Å². The quantitative estimate of drug-likeness (QED) is 0.253. The Morgan fingerprint density at radius 3 is 2.17 bits per heavy atom. The van der Waals surface area contributed by atoms with Crippen molar-refractivity contribution in [3.63, 3.8) is 0 Å². The van der Waals surface area contributed by atoms with Crippen molar-refractivity contribution in [1.29, 1.82) is 0 Å². The molecule has 0 saturated heterocycles. The third kappa shape index (κ3) is 6.95. The summed E-state index contributed by atoms with van der Waals surface area (Å²) in [6.07, 6.45) is 4.91. The van der Waals surface area contributed by atoms with Crippen molar-refractivity contribution in [3.05, 3.63) is 58.7 Å². The fraction of sp³-hybridized carbons (Fsp3) is 0.370. The maximum absolute atomic E-state index is 13.7. The molecule has 3 amide bonds. The van der Waals surface area contributed by atoms with E-state index in [-0.39, 0.29) is 17.1 Å². The second-order valence-electron chi connectivity index (χ2n) is 9.39. The maximum Gasteiger partial charge on any atom is 0.408 e. The topological polar surface area (TPSA) is 108 Å². The molecule has 0 fully saturated rings. The summed E-state index contributed by atoms with van der Waals surface area (Å²) in [6.45, 7) is 10.4. The van der Waals surface area contributed by atoms with Crippen molar-refractivity contribution < 1.29 is 24.2 Å². The van der Waals surface area contributed by atoms with Gasteiger partial charge >= 0.3 is 6.09 Å². The van der Waals surface area contributed by atoms with Gasteiger partial charge in [-0.25, -0.2) is 4.79 Å². The van der Waals surface area contributed by atoms with Gasteiger partial charge < -0.3 is 20.5 Å². The lowest BCUT2D eigenvalue weighted by Gasteiger charge is -2.30. The van der Waals surface area contributed by atoms with Gasteiger partial charge in [-0.2, -0.15) is 12.6 Å². The van der Waals surface area contributed by atoms with Crippen LogP contribution < -0.4 is 10.6 Å². The molecule has 2 unspecified atom stereocenters. The largest absolute Gasteiger partial charge is 0.507 e. The molecule has 36 heavy (non-hydrogen) atoms. The monoisotopic (exact) mass is 511 g/mol. The Hall–Kier alpha value is -3.64. The number of aryl methyl sites for hydroxylation is 3. The number of nitrogens with one attached hydrogen (secondary N) is 2. The van der Waals surface area contributed by atoms with Crippen molar-refractivity contribution in [3.8, 4) is 18.2 Å². The van der Waals surface area contributed by atoms with E-state index in [9.17, 15) is 19.5 Å². The van der Waals surface area contributed by atoms with Gasteiger partial charge in [-0.1, -0.05) is 42.8 Å². The fourth-order valence-electron chi connectivity index (χ4n) is 3.57. The first-order chi connectivity index (χ1) is 16.8. The molecule has 0 bridgehead atoms. The minimum atomic E-state index is -1.40. The Labute approximate surface area is 217 Å². The minimum absolute atomic E-state index is 0.110. The molecule has 3 N–H and O–H groups in total. The Bertz CT molecular complexity index is 1160. The Kier molecular flexibility index (Phi) is 9.42. The molecule has 9 heteroatoms. The van der Waals surface area contributed by atoms with Crippen LogP contribution in [0.4, 0.5) is 10.5 Å². The van der Waals surface area contributed by atoms with E-state index in [0.717, 1.165) is 16.0 Å². The van der Waals surface area contributed by atoms with Gasteiger partial charge in [0.2, 0.25) is 0 Å². The molecule has 0 spiro atoms. The Morgan fingerprint density at radius 2 is 1.64 bits per heavy atom. The van der Waals surface area contributed by atoms with Crippen LogP contribution in [0.15, 0.2) is 36.4 Å². The van der Waals surface area contributed by atoms with Crippen LogP contribution >= 0.6 is 12.6 Å². The van der Waals surface area contributed by atoms with E-state index < -0.39 is 35.6 Å². The van der Waals surface area contributed by atoms with Crippen molar-refractivity contribution in [1.82, 2.24) is 10.2 Å². The van der Waals surface area contributed by atoms with Crippen molar-refractivity contribution in [2.45, 2.75) is 59.2 Å². The summed E-state index contributed by atoms with van der Waals surface area (Å²) < 4.78 is 5.24. The number of para-hydroxylation sites is 2. The molecule has 0 aromatic heterocycles. The van der Waals surface area contributed by atoms with E-state index in [4.69, 9.17) is 11.2 Å². The van der Waals surface area contributed by atoms with E-state index in [1.54, 1.807) is 39.8 Å². The smallest absolute Gasteiger partial charge is 0.408 e. The number of rotatable bonds is 7. The van der Waals surface area contributed by atoms with Gasteiger partial charge in [0.1, 0.15) is 17.4 Å². The van der Waals surface area contributed by atoms with E-state index >= 15 is 0 Å². The molecular formula is C27H33N3O5S. The molecule has 0 saturated carbocycles. The Morgan fingerprint density at radius 1 is 1.08 bits per heavy atom. The summed E-state index contributed by atoms with van der Waals surface area (Å²) in [7, 11) is 0. The molecule has 0 aliphatic carbocycles. The maximum atomic E-state index is 13.7. The fourth-order valence-corrected chi connectivity index (χ4v) is 3.82. The van der Waals surface area contributed by atoms with Crippen molar-refractivity contribution in [2.75, 3.05) is 11.1 Å². The van der Waals surface area contributed by atoms with Crippen LogP contribution in [0.3, 0.4) is 0 Å². The number of phenolic OH excluding ortho intramolecular Hbond substituents is 1. The van der Waals surface area contributed by atoms with Crippen LogP contribution in [0, 0.1) is 33.2 Å². The molecule has 0 aliphatic heterocycles. The van der Waals surface area contributed by atoms with Crippen LogP contribution in [0.5, 0.6) is 5.75 Å². The van der Waals surface area contributed by atoms with Gasteiger partial charge in [0.15, 0.2) is 6.04 Å². The van der Waals surface area contributed by atoms with Crippen LogP contribution in [0.25, 0.3) is 0 Å². The highest BCUT2D eigenvalue weighted by Gasteiger charge is 2.37. The summed E-state index contributed by atoms with van der Waals surface area (Å²) in [5.74, 6) is -1.67. The van der Waals surface area contributed by atoms with Crippen LogP contribution in [-0.2, 0) is 14.3 Å². The standard InChI is InChI=1S/C27H33N3O5S/c1-8-30(25(33)20(15-36)28-26(34)35-27(5,6)7)22(19-14-10-13-18(4)23(19)31)24(32)29-21-16(2)11-9-12-17(21)3/h1,9-14,20,22,31,36H,15H2,2-7H3,(H,28,34)(H,29,32). The number of nitrogens with zero attached hydrogens (tertiary/aromatic N) is 1. The number of anilines is 1. The minimum Gasteiger partial charge on any atom is -0.507 e. The van der Waals surface area contributed by atoms with Gasteiger partial charge in [0.05, 0.1) is 0 Å². The van der Waals surface area contributed by atoms with Gasteiger partial charge in [-0.3, -0.25) is 14.5 Å². The summed E-state index contributed by atoms with van der Waals surface area (Å²) >= 11 is 4.19. The lowest BCUT2D eigenvalue weighted by atomic mass is 9.99. The normalized spacial score (nSPS) is 12.6. The summed E-state index contributed by atoms with van der Waals surface area (Å²) in [6, 6.07) is 10.1. The summed E-state index contributed by atoms with van der Waals surface area (Å²) in [5, 5.41) is 16.1. The number of aromatic hydroxyl groups is 1. The average Bonchev–Trinajstić information content (AvgIpc) is 2.78. The molecule has 0 radical (unpaired) electrons. The lowest BCUT2D eigenvalue weighted by Crippen LogP contribution is -2.51. The number of carbonyl (C=O) groups is 3. The third-order valence-corrected chi connectivity index (χ3v) is 5.71. The second kappa shape index (κ2) is 11.9. The highest BCUT2D eigenvalue weighted by Crippen LogP contribution is 2.33. The number of thiol groups is 1. The SMILES string of the molecule is C#CN(C(=O)C(CS)NC(=O)OC(C)(C)C)C(C(=O)Nc1c(C)cccc1C)c1cccc(C)c1O. The number of phenols is 1. The number of terminal acetylenes is 1. The first kappa shape index (κ1) is 28.6. The number of amides is 3. The van der Waals surface area contributed by atoms with Crippen LogP contribution in [-0.4, -0.2) is 45.3 Å². The molecule has 192 valence electrons. The molecule has 2 aromatic carbocycles. The zero-order valence-electron chi connectivity index (χ0n) is 21.4. The molecule has 0 heterocycles. The highest BCUT2D eigenvalue weighted by molar-refractivity contribution is 7.80. The van der Waals surface area contributed by atoms with Gasteiger partial charge in [0.25, 0.3) is 11.8 Å². The van der Waals surface area contributed by atoms with Crippen molar-refractivity contribution >= 4 is 36.2 Å². The number of ether oxygens (including phenoxy) is 1. The number of carbonyl (C=O) groups excluding carboxylic acids is 3. The van der Waals surface area contributed by atoms with Gasteiger partial charge in [0, 0.05) is 23.0 Å². The third-order valence-electron chi connectivity index (χ3n) is 5.35. The molecule has 2 aromatic rings. The summed E-state index contributed by atoms with van der Waals surface area (Å²) in [4.78, 5) is 40.4. The number of alkyl carbamates (subject to hydrolysis) is 1. The zero-order valence-corrected chi connectivity index (χ0v) is 22.3. The molecule has 2 atom stereocenters.